The molecule has 1 atom stereocenters. The lowest BCUT2D eigenvalue weighted by Crippen LogP contribution is -2.34. The summed E-state index contributed by atoms with van der Waals surface area (Å²) >= 11 is 1.36. The van der Waals surface area contributed by atoms with Crippen molar-refractivity contribution in [3.63, 3.8) is 0 Å². The van der Waals surface area contributed by atoms with Gasteiger partial charge in [0.05, 0.1) is 5.54 Å². The van der Waals surface area contributed by atoms with Gasteiger partial charge >= 0.3 is 0 Å². The molecular formula is C20H21ClFN3OS. The average molecular weight is 406 g/mol. The Morgan fingerprint density at radius 1 is 1.04 bits per heavy atom. The third-order valence-corrected chi connectivity index (χ3v) is 6.09. The number of hydrogen-bond acceptors (Lipinski definition) is 5. The molecule has 1 fully saturated rings. The second-order valence-corrected chi connectivity index (χ2v) is 7.81. The summed E-state index contributed by atoms with van der Waals surface area (Å²) in [5, 5.41) is 3.87. The Balaban J connectivity index is 0.00000210. The number of nitrogens with zero attached hydrogens (tertiary/aromatic N) is 2. The molecule has 1 aliphatic carbocycles. The van der Waals surface area contributed by atoms with E-state index in [9.17, 15) is 4.39 Å². The fourth-order valence-corrected chi connectivity index (χ4v) is 4.41. The quantitative estimate of drug-likeness (QED) is 0.588. The summed E-state index contributed by atoms with van der Waals surface area (Å²) in [6, 6.07) is 16.5. The van der Waals surface area contributed by atoms with E-state index < -0.39 is 5.54 Å². The van der Waals surface area contributed by atoms with Crippen LogP contribution in [0.5, 0.6) is 0 Å². The molecule has 142 valence electrons. The largest absolute Gasteiger partial charge is 0.338 e. The Hall–Kier alpha value is -1.89. The van der Waals surface area contributed by atoms with E-state index in [0.717, 1.165) is 31.2 Å². The first-order valence-corrected chi connectivity index (χ1v) is 9.63. The molecule has 2 N–H and O–H groups in total. The molecule has 0 bridgehead atoms. The summed E-state index contributed by atoms with van der Waals surface area (Å²) in [6.45, 7) is 0. The van der Waals surface area contributed by atoms with E-state index in [1.165, 1.54) is 17.8 Å². The highest BCUT2D eigenvalue weighted by Gasteiger charge is 2.37. The molecule has 1 heterocycles. The molecule has 27 heavy (non-hydrogen) atoms. The van der Waals surface area contributed by atoms with Gasteiger partial charge in [-0.05, 0) is 30.5 Å². The predicted molar refractivity (Wildman–Crippen MR) is 106 cm³/mol. The van der Waals surface area contributed by atoms with Crippen LogP contribution in [0, 0.1) is 5.82 Å². The van der Waals surface area contributed by atoms with Crippen LogP contribution in [0.4, 0.5) is 4.39 Å². The van der Waals surface area contributed by atoms with Crippen molar-refractivity contribution in [1.82, 2.24) is 10.1 Å². The molecule has 0 radical (unpaired) electrons. The molecule has 3 aromatic rings. The first-order valence-electron chi connectivity index (χ1n) is 8.75. The highest BCUT2D eigenvalue weighted by Crippen LogP contribution is 2.42. The maximum Gasteiger partial charge on any atom is 0.244 e. The summed E-state index contributed by atoms with van der Waals surface area (Å²) in [6.07, 6.45) is 3.88. The molecule has 4 nitrogen and oxygen atoms in total. The van der Waals surface area contributed by atoms with E-state index in [1.54, 1.807) is 12.1 Å². The highest BCUT2D eigenvalue weighted by molar-refractivity contribution is 7.99. The van der Waals surface area contributed by atoms with Crippen LogP contribution >= 0.6 is 24.2 Å². The number of benzene rings is 2. The van der Waals surface area contributed by atoms with Crippen molar-refractivity contribution in [2.45, 2.75) is 41.4 Å². The standard InChI is InChI=1S/C20H20FN3OS.ClH/c21-15-10-4-5-11-16(15)26-17(14-8-2-1-3-9-14)18-23-19(24-25-18)20(22)12-6-7-13-20;/h1-5,8-11,17H,6-7,12-13,22H2;1H. The zero-order chi connectivity index (χ0) is 18.0. The molecule has 1 aliphatic rings. The highest BCUT2D eigenvalue weighted by atomic mass is 35.5. The van der Waals surface area contributed by atoms with E-state index >= 15 is 0 Å². The van der Waals surface area contributed by atoms with Crippen molar-refractivity contribution in [1.29, 1.82) is 0 Å². The maximum atomic E-state index is 14.2. The van der Waals surface area contributed by atoms with Crippen LogP contribution in [0.2, 0.25) is 0 Å². The fourth-order valence-electron chi connectivity index (χ4n) is 3.33. The minimum Gasteiger partial charge on any atom is -0.338 e. The summed E-state index contributed by atoms with van der Waals surface area (Å²) in [7, 11) is 0. The van der Waals surface area contributed by atoms with Crippen molar-refractivity contribution in [3.8, 4) is 0 Å². The van der Waals surface area contributed by atoms with E-state index in [2.05, 4.69) is 10.1 Å². The van der Waals surface area contributed by atoms with Crippen LogP contribution in [0.3, 0.4) is 0 Å². The fraction of sp³-hybridized carbons (Fsp3) is 0.300. The number of rotatable bonds is 5. The minimum atomic E-state index is -0.508. The molecule has 1 saturated carbocycles. The van der Waals surface area contributed by atoms with Crippen LogP contribution in [0.1, 0.15) is 48.2 Å². The Kier molecular flexibility index (Phi) is 6.19. The van der Waals surface area contributed by atoms with Crippen LogP contribution in [0.25, 0.3) is 0 Å². The van der Waals surface area contributed by atoms with E-state index in [4.69, 9.17) is 10.3 Å². The molecule has 7 heteroatoms. The smallest absolute Gasteiger partial charge is 0.244 e. The molecule has 2 aromatic carbocycles. The van der Waals surface area contributed by atoms with Crippen molar-refractivity contribution in [3.05, 3.63) is 77.7 Å². The molecule has 1 unspecified atom stereocenters. The maximum absolute atomic E-state index is 14.2. The number of halogens is 2. The monoisotopic (exact) mass is 405 g/mol. The van der Waals surface area contributed by atoms with E-state index in [-0.39, 0.29) is 23.5 Å². The summed E-state index contributed by atoms with van der Waals surface area (Å²) in [5.74, 6) is 0.750. The third-order valence-electron chi connectivity index (χ3n) is 4.79. The Labute approximate surface area is 168 Å². The number of hydrogen-bond donors (Lipinski definition) is 1. The van der Waals surface area contributed by atoms with Crippen LogP contribution in [0.15, 0.2) is 64.0 Å². The van der Waals surface area contributed by atoms with E-state index in [0.29, 0.717) is 16.6 Å². The number of aromatic nitrogens is 2. The summed E-state index contributed by atoms with van der Waals surface area (Å²) in [4.78, 5) is 5.17. The molecular weight excluding hydrogens is 385 g/mol. The lowest BCUT2D eigenvalue weighted by Gasteiger charge is -2.18. The molecule has 0 aliphatic heterocycles. The first-order chi connectivity index (χ1) is 12.7. The van der Waals surface area contributed by atoms with Crippen LogP contribution in [-0.2, 0) is 5.54 Å². The van der Waals surface area contributed by atoms with Crippen molar-refractivity contribution in [2.24, 2.45) is 5.73 Å². The zero-order valence-electron chi connectivity index (χ0n) is 14.7. The van der Waals surface area contributed by atoms with Gasteiger partial charge in [0.25, 0.3) is 0 Å². The van der Waals surface area contributed by atoms with Gasteiger partial charge in [-0.2, -0.15) is 4.98 Å². The minimum absolute atomic E-state index is 0. The van der Waals surface area contributed by atoms with Crippen LogP contribution < -0.4 is 5.73 Å². The van der Waals surface area contributed by atoms with Gasteiger partial charge in [-0.25, -0.2) is 4.39 Å². The second kappa shape index (κ2) is 8.42. The zero-order valence-corrected chi connectivity index (χ0v) is 16.3. The van der Waals surface area contributed by atoms with Crippen LogP contribution in [-0.4, -0.2) is 10.1 Å². The van der Waals surface area contributed by atoms with Gasteiger partial charge in [0.1, 0.15) is 11.1 Å². The van der Waals surface area contributed by atoms with Crippen molar-refractivity contribution < 1.29 is 8.91 Å². The molecule has 4 rings (SSSR count). The Morgan fingerprint density at radius 2 is 1.70 bits per heavy atom. The molecule has 1 aromatic heterocycles. The molecule has 0 spiro atoms. The molecule has 0 amide bonds. The van der Waals surface area contributed by atoms with Gasteiger partial charge in [0.2, 0.25) is 5.89 Å². The third kappa shape index (κ3) is 4.18. The van der Waals surface area contributed by atoms with Gasteiger partial charge in [-0.3, -0.25) is 0 Å². The normalized spacial score (nSPS) is 16.7. The topological polar surface area (TPSA) is 64.9 Å². The SMILES string of the molecule is Cl.NC1(c2noc(C(Sc3ccccc3F)c3ccccc3)n2)CCCC1. The second-order valence-electron chi connectivity index (χ2n) is 6.66. The first kappa shape index (κ1) is 19.9. The number of thioether (sulfide) groups is 1. The average Bonchev–Trinajstić information content (AvgIpc) is 3.32. The van der Waals surface area contributed by atoms with E-state index in [1.807, 2.05) is 36.4 Å². The summed E-state index contributed by atoms with van der Waals surface area (Å²) < 4.78 is 19.8. The lowest BCUT2D eigenvalue weighted by atomic mass is 9.99. The van der Waals surface area contributed by atoms with Gasteiger partial charge < -0.3 is 10.3 Å². The Morgan fingerprint density at radius 3 is 2.41 bits per heavy atom. The summed E-state index contributed by atoms with van der Waals surface area (Å²) in [5.41, 5.74) is 6.93. The predicted octanol–water partition coefficient (Wildman–Crippen LogP) is 5.24. The van der Waals surface area contributed by atoms with Gasteiger partial charge in [0, 0.05) is 4.90 Å². The van der Waals surface area contributed by atoms with Crippen molar-refractivity contribution in [2.75, 3.05) is 0 Å². The van der Waals surface area contributed by atoms with Crippen molar-refractivity contribution >= 4 is 24.2 Å². The van der Waals surface area contributed by atoms with Gasteiger partial charge in [-0.15, -0.1) is 24.2 Å². The number of nitrogens with two attached hydrogens (primary N) is 1. The van der Waals surface area contributed by atoms with Gasteiger partial charge in [0.15, 0.2) is 5.82 Å². The Bertz CT molecular complexity index is 884. The lowest BCUT2D eigenvalue weighted by molar-refractivity contribution is 0.351. The van der Waals surface area contributed by atoms with Gasteiger partial charge in [-0.1, -0.05) is 60.5 Å². The molecule has 0 saturated heterocycles.